The number of guanidine groups is 1. The topological polar surface area (TPSA) is 86.7 Å². The minimum absolute atomic E-state index is 0. The fourth-order valence-electron chi connectivity index (χ4n) is 3.21. The van der Waals surface area contributed by atoms with Gasteiger partial charge >= 0.3 is 0 Å². The van der Waals surface area contributed by atoms with Crippen LogP contribution in [0.4, 0.5) is 0 Å². The molecule has 0 saturated carbocycles. The summed E-state index contributed by atoms with van der Waals surface area (Å²) in [5, 5.41) is 10.0. The fourth-order valence-corrected chi connectivity index (χ4v) is 5.77. The maximum Gasteiger partial charge on any atom is 0.214 e. The van der Waals surface area contributed by atoms with Crippen LogP contribution in [-0.4, -0.2) is 61.6 Å². The Kier molecular flexibility index (Phi) is 11.5. The summed E-state index contributed by atoms with van der Waals surface area (Å²) in [5.74, 6) is 1.04. The van der Waals surface area contributed by atoms with Crippen molar-refractivity contribution < 1.29 is 8.42 Å². The highest BCUT2D eigenvalue weighted by Gasteiger charge is 2.27. The molecule has 1 fully saturated rings. The van der Waals surface area contributed by atoms with Crippen molar-refractivity contribution in [1.82, 2.24) is 19.9 Å². The highest BCUT2D eigenvalue weighted by Crippen LogP contribution is 2.24. The number of hydrogen-bond acceptors (Lipinski definition) is 5. The van der Waals surface area contributed by atoms with Gasteiger partial charge in [0.2, 0.25) is 10.0 Å². The van der Waals surface area contributed by atoms with Crippen LogP contribution in [0.15, 0.2) is 10.4 Å². The van der Waals surface area contributed by atoms with Crippen molar-refractivity contribution in [3.63, 3.8) is 0 Å². The molecule has 0 aliphatic carbocycles. The molecule has 10 heteroatoms. The Labute approximate surface area is 203 Å². The molecule has 1 aliphatic heterocycles. The molecule has 0 aromatic carbocycles. The van der Waals surface area contributed by atoms with E-state index in [1.54, 1.807) is 15.6 Å². The van der Waals surface area contributed by atoms with Crippen LogP contribution in [0.5, 0.6) is 0 Å². The van der Waals surface area contributed by atoms with E-state index in [4.69, 9.17) is 9.98 Å². The number of sulfonamides is 1. The summed E-state index contributed by atoms with van der Waals surface area (Å²) in [6.07, 6.45) is 3.09. The van der Waals surface area contributed by atoms with Crippen LogP contribution >= 0.6 is 35.3 Å². The Morgan fingerprint density at radius 3 is 2.50 bits per heavy atom. The van der Waals surface area contributed by atoms with Crippen molar-refractivity contribution in [2.75, 3.05) is 31.9 Å². The first-order chi connectivity index (χ1) is 13.7. The van der Waals surface area contributed by atoms with Crippen LogP contribution in [0.25, 0.3) is 0 Å². The molecule has 2 rings (SSSR count). The Bertz CT molecular complexity index is 766. The van der Waals surface area contributed by atoms with Crippen molar-refractivity contribution in [2.24, 2.45) is 4.99 Å². The van der Waals surface area contributed by atoms with Crippen molar-refractivity contribution in [3.8, 4) is 0 Å². The van der Waals surface area contributed by atoms with Crippen LogP contribution < -0.4 is 10.6 Å². The normalized spacial score (nSPS) is 16.9. The van der Waals surface area contributed by atoms with Gasteiger partial charge in [-0.25, -0.2) is 17.7 Å². The number of thiazole rings is 1. The van der Waals surface area contributed by atoms with E-state index in [1.165, 1.54) is 0 Å². The van der Waals surface area contributed by atoms with Crippen molar-refractivity contribution in [2.45, 2.75) is 71.8 Å². The summed E-state index contributed by atoms with van der Waals surface area (Å²) in [7, 11) is -3.10. The summed E-state index contributed by atoms with van der Waals surface area (Å²) in [4.78, 5) is 9.43. The Hall–Kier alpha value is -0.460. The first-order valence-corrected chi connectivity index (χ1v) is 13.1. The summed E-state index contributed by atoms with van der Waals surface area (Å²) >= 11 is 1.70. The molecule has 2 N–H and O–H groups in total. The van der Waals surface area contributed by atoms with Crippen molar-refractivity contribution >= 4 is 51.3 Å². The summed E-state index contributed by atoms with van der Waals surface area (Å²) in [5.41, 5.74) is 1.21. The number of rotatable bonds is 8. The van der Waals surface area contributed by atoms with Gasteiger partial charge in [-0.3, -0.25) is 4.99 Å². The van der Waals surface area contributed by atoms with E-state index in [-0.39, 0.29) is 41.2 Å². The summed E-state index contributed by atoms with van der Waals surface area (Å²) in [6, 6.07) is 0.244. The number of aliphatic imine (C=N–C) groups is 1. The molecule has 1 saturated heterocycles. The predicted octanol–water partition coefficient (Wildman–Crippen LogP) is 3.36. The number of nitrogens with one attached hydrogen (secondary N) is 2. The Morgan fingerprint density at radius 1 is 1.30 bits per heavy atom. The lowest BCUT2D eigenvalue weighted by Crippen LogP contribution is -2.50. The second kappa shape index (κ2) is 12.5. The van der Waals surface area contributed by atoms with E-state index < -0.39 is 10.0 Å². The van der Waals surface area contributed by atoms with Crippen molar-refractivity contribution in [3.05, 3.63) is 16.1 Å². The van der Waals surface area contributed by atoms with Crippen LogP contribution in [0.1, 0.15) is 64.6 Å². The standard InChI is InChI=1S/C20H37N5O2S2.HI/c1-6-14-29(26,27)25-12-9-16(10-13-25)23-19(21-7-2)22-11-8-18-24-17(15-28-18)20(3,4)5;/h15-16H,6-14H2,1-5H3,(H2,21,22,23);1H. The third-order valence-corrected chi connectivity index (χ3v) is 7.89. The van der Waals surface area contributed by atoms with Gasteiger partial charge in [-0.15, -0.1) is 35.3 Å². The average Bonchev–Trinajstić information content (AvgIpc) is 3.12. The molecular weight excluding hydrogens is 533 g/mol. The number of aromatic nitrogens is 1. The summed E-state index contributed by atoms with van der Waals surface area (Å²) in [6.45, 7) is 13.1. The monoisotopic (exact) mass is 571 g/mol. The smallest absolute Gasteiger partial charge is 0.214 e. The van der Waals surface area contributed by atoms with Gasteiger partial charge in [0.15, 0.2) is 5.96 Å². The van der Waals surface area contributed by atoms with Gasteiger partial charge in [0.25, 0.3) is 0 Å². The van der Waals surface area contributed by atoms with Gasteiger partial charge in [-0.1, -0.05) is 27.7 Å². The number of halogens is 1. The van der Waals surface area contributed by atoms with E-state index >= 15 is 0 Å². The zero-order valence-corrected chi connectivity index (χ0v) is 22.9. The first-order valence-electron chi connectivity index (χ1n) is 10.6. The van der Waals surface area contributed by atoms with E-state index in [2.05, 4.69) is 36.8 Å². The van der Waals surface area contributed by atoms with Gasteiger partial charge in [-0.05, 0) is 26.2 Å². The van der Waals surface area contributed by atoms with E-state index in [9.17, 15) is 8.42 Å². The lowest BCUT2D eigenvalue weighted by molar-refractivity contribution is 0.306. The second-order valence-electron chi connectivity index (χ2n) is 8.52. The molecule has 174 valence electrons. The quantitative estimate of drug-likeness (QED) is 0.284. The van der Waals surface area contributed by atoms with E-state index in [0.717, 1.165) is 42.5 Å². The third-order valence-electron chi connectivity index (χ3n) is 4.91. The Balaban J connectivity index is 0.00000450. The highest BCUT2D eigenvalue weighted by molar-refractivity contribution is 14.0. The zero-order valence-electron chi connectivity index (χ0n) is 18.9. The molecule has 1 aromatic heterocycles. The SMILES string of the molecule is CCCS(=O)(=O)N1CCC(NC(=NCCc2nc(C(C)(C)C)cs2)NCC)CC1.I. The second-order valence-corrected chi connectivity index (χ2v) is 11.6. The van der Waals surface area contributed by atoms with Crippen LogP contribution in [0, 0.1) is 0 Å². The lowest BCUT2D eigenvalue weighted by Gasteiger charge is -2.32. The molecule has 1 aliphatic rings. The van der Waals surface area contributed by atoms with Gasteiger partial charge in [0.1, 0.15) is 0 Å². The maximum absolute atomic E-state index is 12.2. The zero-order chi connectivity index (χ0) is 21.5. The fraction of sp³-hybridized carbons (Fsp3) is 0.800. The Morgan fingerprint density at radius 2 is 1.97 bits per heavy atom. The predicted molar refractivity (Wildman–Crippen MR) is 138 cm³/mol. The van der Waals surface area contributed by atoms with Crippen LogP contribution in [0.2, 0.25) is 0 Å². The van der Waals surface area contributed by atoms with Gasteiger partial charge < -0.3 is 10.6 Å². The lowest BCUT2D eigenvalue weighted by atomic mass is 9.93. The average molecular weight is 572 g/mol. The molecule has 0 bridgehead atoms. The molecular formula is C20H38IN5O2S2. The molecule has 0 radical (unpaired) electrons. The minimum Gasteiger partial charge on any atom is -0.357 e. The highest BCUT2D eigenvalue weighted by atomic mass is 127. The third kappa shape index (κ3) is 8.58. The minimum atomic E-state index is -3.10. The molecule has 2 heterocycles. The molecule has 7 nitrogen and oxygen atoms in total. The van der Waals surface area contributed by atoms with Crippen LogP contribution in [-0.2, 0) is 21.9 Å². The van der Waals surface area contributed by atoms with Gasteiger partial charge in [-0.2, -0.15) is 0 Å². The van der Waals surface area contributed by atoms with Gasteiger partial charge in [0, 0.05) is 49.4 Å². The number of hydrogen-bond donors (Lipinski definition) is 2. The van der Waals surface area contributed by atoms with E-state index in [1.807, 2.05) is 13.8 Å². The van der Waals surface area contributed by atoms with E-state index in [0.29, 0.717) is 26.1 Å². The molecule has 1 aromatic rings. The molecule has 0 amide bonds. The number of nitrogens with zero attached hydrogens (tertiary/aromatic N) is 3. The largest absolute Gasteiger partial charge is 0.357 e. The molecule has 30 heavy (non-hydrogen) atoms. The molecule has 0 unspecified atom stereocenters. The molecule has 0 spiro atoms. The summed E-state index contributed by atoms with van der Waals surface area (Å²) < 4.78 is 26.1. The first kappa shape index (κ1) is 27.6. The van der Waals surface area contributed by atoms with Crippen LogP contribution in [0.3, 0.4) is 0 Å². The number of piperidine rings is 1. The van der Waals surface area contributed by atoms with Crippen molar-refractivity contribution in [1.29, 1.82) is 0 Å². The maximum atomic E-state index is 12.2. The molecule has 0 atom stereocenters. The van der Waals surface area contributed by atoms with Gasteiger partial charge in [0.05, 0.1) is 16.5 Å².